The molecule has 2 aromatic rings. The molecule has 9 heteroatoms. The Morgan fingerprint density at radius 2 is 1.93 bits per heavy atom. The van der Waals surface area contributed by atoms with E-state index in [1.165, 1.54) is 4.31 Å². The smallest absolute Gasteiger partial charge is 0.265 e. The number of sulfonamides is 1. The fourth-order valence-electron chi connectivity index (χ4n) is 4.91. The minimum atomic E-state index is -3.73. The highest BCUT2D eigenvalue weighted by atomic mass is 32.2. The normalized spacial score (nSPS) is 30.0. The summed E-state index contributed by atoms with van der Waals surface area (Å²) in [6.07, 6.45) is 6.49. The molecule has 3 heterocycles. The molecule has 1 N–H and O–H groups in total. The summed E-state index contributed by atoms with van der Waals surface area (Å²) in [5, 5.41) is 18.9. The number of hydrogen-bond acceptors (Lipinski definition) is 6. The first-order chi connectivity index (χ1) is 14.4. The average molecular weight is 428 g/mol. The summed E-state index contributed by atoms with van der Waals surface area (Å²) in [5.74, 6) is 1.88. The third kappa shape index (κ3) is 2.91. The molecule has 0 spiro atoms. The van der Waals surface area contributed by atoms with Crippen LogP contribution in [0.3, 0.4) is 0 Å². The SMILES string of the molecule is CCC1CC(O)CC1c1nnc2n1C1C=CN(S(=O)(=O)c3ccc(C)cc3)C1N=C2. The van der Waals surface area contributed by atoms with E-state index < -0.39 is 16.2 Å². The summed E-state index contributed by atoms with van der Waals surface area (Å²) in [4.78, 5) is 4.75. The fraction of sp³-hybridized carbons (Fsp3) is 0.476. The zero-order valence-corrected chi connectivity index (χ0v) is 17.8. The summed E-state index contributed by atoms with van der Waals surface area (Å²) < 4.78 is 29.9. The van der Waals surface area contributed by atoms with Gasteiger partial charge in [0.1, 0.15) is 5.82 Å². The van der Waals surface area contributed by atoms with Crippen LogP contribution < -0.4 is 0 Å². The summed E-state index contributed by atoms with van der Waals surface area (Å²) in [6, 6.07) is 6.53. The number of aliphatic imine (C=N–C) groups is 1. The number of hydrogen-bond donors (Lipinski definition) is 1. The van der Waals surface area contributed by atoms with Crippen molar-refractivity contribution in [3.05, 3.63) is 53.8 Å². The molecule has 1 fully saturated rings. The van der Waals surface area contributed by atoms with E-state index >= 15 is 0 Å². The van der Waals surface area contributed by atoms with Gasteiger partial charge in [0.05, 0.1) is 23.3 Å². The molecule has 3 aliphatic rings. The maximum absolute atomic E-state index is 13.3. The number of benzene rings is 1. The van der Waals surface area contributed by atoms with Gasteiger partial charge >= 0.3 is 0 Å². The van der Waals surface area contributed by atoms with Gasteiger partial charge in [0.25, 0.3) is 10.0 Å². The molecule has 0 amide bonds. The molecule has 0 radical (unpaired) electrons. The molecule has 158 valence electrons. The molecule has 5 rings (SSSR count). The number of fused-ring (bicyclic) bond motifs is 3. The lowest BCUT2D eigenvalue weighted by molar-refractivity contribution is 0.176. The van der Waals surface area contributed by atoms with Gasteiger partial charge in [0, 0.05) is 12.1 Å². The zero-order chi connectivity index (χ0) is 21.0. The molecular formula is C21H25N5O3S. The number of aliphatic hydroxyl groups excluding tert-OH is 1. The fourth-order valence-corrected chi connectivity index (χ4v) is 6.32. The molecule has 8 nitrogen and oxygen atoms in total. The Bertz CT molecular complexity index is 1120. The van der Waals surface area contributed by atoms with Gasteiger partial charge in [-0.25, -0.2) is 12.7 Å². The van der Waals surface area contributed by atoms with Crippen LogP contribution in [0, 0.1) is 12.8 Å². The molecule has 5 unspecified atom stereocenters. The van der Waals surface area contributed by atoms with E-state index in [1.807, 2.05) is 17.6 Å². The van der Waals surface area contributed by atoms with Crippen molar-refractivity contribution in [1.29, 1.82) is 0 Å². The molecule has 5 atom stereocenters. The van der Waals surface area contributed by atoms with E-state index in [0.717, 1.165) is 24.2 Å². The van der Waals surface area contributed by atoms with Crippen molar-refractivity contribution in [3.63, 3.8) is 0 Å². The van der Waals surface area contributed by atoms with Crippen LogP contribution in [0.4, 0.5) is 0 Å². The zero-order valence-electron chi connectivity index (χ0n) is 17.0. The number of aromatic nitrogens is 3. The Balaban J connectivity index is 1.50. The first-order valence-corrected chi connectivity index (χ1v) is 11.8. The summed E-state index contributed by atoms with van der Waals surface area (Å²) in [5.41, 5.74) is 1.00. The number of aliphatic hydroxyl groups is 1. The summed E-state index contributed by atoms with van der Waals surface area (Å²) in [7, 11) is -3.73. The van der Waals surface area contributed by atoms with Gasteiger partial charge < -0.3 is 5.11 Å². The lowest BCUT2D eigenvalue weighted by atomic mass is 9.92. The van der Waals surface area contributed by atoms with Gasteiger partial charge in [-0.2, -0.15) is 0 Å². The second kappa shape index (κ2) is 7.02. The highest BCUT2D eigenvalue weighted by Crippen LogP contribution is 2.44. The van der Waals surface area contributed by atoms with Crippen LogP contribution in [-0.4, -0.2) is 51.1 Å². The molecular weight excluding hydrogens is 402 g/mol. The van der Waals surface area contributed by atoms with Crippen molar-refractivity contribution < 1.29 is 13.5 Å². The van der Waals surface area contributed by atoms with E-state index in [4.69, 9.17) is 0 Å². The molecule has 2 aliphatic heterocycles. The lowest BCUT2D eigenvalue weighted by Gasteiger charge is -2.31. The topological polar surface area (TPSA) is 101 Å². The van der Waals surface area contributed by atoms with Crippen molar-refractivity contribution in [2.75, 3.05) is 0 Å². The molecule has 1 aliphatic carbocycles. The number of aryl methyl sites for hydroxylation is 1. The Labute approximate surface area is 176 Å². The monoisotopic (exact) mass is 427 g/mol. The minimum Gasteiger partial charge on any atom is -0.393 e. The quantitative estimate of drug-likeness (QED) is 0.807. The van der Waals surface area contributed by atoms with E-state index in [2.05, 4.69) is 22.1 Å². The predicted molar refractivity (Wildman–Crippen MR) is 112 cm³/mol. The van der Waals surface area contributed by atoms with Crippen LogP contribution in [0.25, 0.3) is 0 Å². The Kier molecular flexibility index (Phi) is 4.55. The summed E-state index contributed by atoms with van der Waals surface area (Å²) >= 11 is 0. The van der Waals surface area contributed by atoms with Gasteiger partial charge in [-0.05, 0) is 43.9 Å². The van der Waals surface area contributed by atoms with Crippen LogP contribution in [0.5, 0.6) is 0 Å². The van der Waals surface area contributed by atoms with Gasteiger partial charge in [0.2, 0.25) is 0 Å². The second-order valence-corrected chi connectivity index (χ2v) is 10.2. The van der Waals surface area contributed by atoms with E-state index in [0.29, 0.717) is 18.2 Å². The van der Waals surface area contributed by atoms with E-state index in [-0.39, 0.29) is 23.0 Å². The highest BCUT2D eigenvalue weighted by Gasteiger charge is 2.44. The second-order valence-electron chi connectivity index (χ2n) is 8.36. The first-order valence-electron chi connectivity index (χ1n) is 10.3. The Morgan fingerprint density at radius 1 is 1.17 bits per heavy atom. The van der Waals surface area contributed by atoms with Gasteiger partial charge in [0.15, 0.2) is 12.0 Å². The van der Waals surface area contributed by atoms with Crippen molar-refractivity contribution in [1.82, 2.24) is 19.1 Å². The van der Waals surface area contributed by atoms with E-state index in [9.17, 15) is 13.5 Å². The average Bonchev–Trinajstić information content (AvgIpc) is 3.43. The van der Waals surface area contributed by atoms with Crippen LogP contribution in [0.2, 0.25) is 0 Å². The first kappa shape index (κ1) is 19.4. The Hall–Kier alpha value is -2.52. The molecule has 1 saturated carbocycles. The van der Waals surface area contributed by atoms with Crippen molar-refractivity contribution in [3.8, 4) is 0 Å². The van der Waals surface area contributed by atoms with Gasteiger partial charge in [-0.3, -0.25) is 9.56 Å². The minimum absolute atomic E-state index is 0.106. The van der Waals surface area contributed by atoms with Gasteiger partial charge in [-0.1, -0.05) is 31.0 Å². The molecule has 0 bridgehead atoms. The highest BCUT2D eigenvalue weighted by molar-refractivity contribution is 7.89. The van der Waals surface area contributed by atoms with Crippen molar-refractivity contribution in [2.45, 2.75) is 62.2 Å². The van der Waals surface area contributed by atoms with Crippen molar-refractivity contribution >= 4 is 16.2 Å². The maximum atomic E-state index is 13.3. The van der Waals surface area contributed by atoms with Gasteiger partial charge in [-0.15, -0.1) is 10.2 Å². The predicted octanol–water partition coefficient (Wildman–Crippen LogP) is 2.37. The molecule has 30 heavy (non-hydrogen) atoms. The largest absolute Gasteiger partial charge is 0.393 e. The van der Waals surface area contributed by atoms with Crippen molar-refractivity contribution in [2.24, 2.45) is 10.9 Å². The Morgan fingerprint density at radius 3 is 2.67 bits per heavy atom. The number of nitrogens with zero attached hydrogens (tertiary/aromatic N) is 5. The molecule has 0 saturated heterocycles. The standard InChI is InChI=1S/C21H25N5O3S/c1-3-14-10-15(27)11-17(14)20-24-23-19-12-22-21-18(26(19)20)8-9-25(21)30(28,29)16-6-4-13(2)5-7-16/h4-9,12,14-15,17-18,21,27H,3,10-11H2,1-2H3. The van der Waals surface area contributed by atoms with Crippen LogP contribution in [-0.2, 0) is 10.0 Å². The van der Waals surface area contributed by atoms with Crippen LogP contribution >= 0.6 is 0 Å². The third-order valence-electron chi connectivity index (χ3n) is 6.51. The van der Waals surface area contributed by atoms with Crippen LogP contribution in [0.1, 0.15) is 55.4 Å². The molecule has 1 aromatic carbocycles. The lowest BCUT2D eigenvalue weighted by Crippen LogP contribution is -2.39. The van der Waals surface area contributed by atoms with E-state index in [1.54, 1.807) is 36.7 Å². The maximum Gasteiger partial charge on any atom is 0.265 e. The van der Waals surface area contributed by atoms with Crippen LogP contribution in [0.15, 0.2) is 46.4 Å². The number of rotatable bonds is 4. The summed E-state index contributed by atoms with van der Waals surface area (Å²) in [6.45, 7) is 4.05. The third-order valence-corrected chi connectivity index (χ3v) is 8.27. The molecule has 1 aromatic heterocycles.